The minimum absolute atomic E-state index is 1.03. The Hall–Kier alpha value is -1.93. The molecule has 0 radical (unpaired) electrons. The maximum atomic E-state index is 10.2. The van der Waals surface area contributed by atoms with E-state index in [1.54, 1.807) is 0 Å². The van der Waals surface area contributed by atoms with Gasteiger partial charge in [-0.25, -0.2) is 0 Å². The molecule has 0 atom stereocenters. The van der Waals surface area contributed by atoms with E-state index in [-0.39, 0.29) is 0 Å². The van der Waals surface area contributed by atoms with Gasteiger partial charge in [0.1, 0.15) is 9.85 Å². The lowest BCUT2D eigenvalue weighted by atomic mass is 10.2. The Labute approximate surface area is 70.7 Å². The Bertz CT molecular complexity index is 255. The van der Waals surface area contributed by atoms with Crippen molar-refractivity contribution in [3.05, 3.63) is 30.7 Å². The molecule has 0 heterocycles. The molecule has 0 aromatic rings. The zero-order chi connectivity index (χ0) is 10.5. The molecule has 0 aliphatic heterocycles. The molecule has 10 nitrogen and oxygen atoms in total. The minimum atomic E-state index is -2.83. The Kier molecular flexibility index (Phi) is 3.56. The van der Waals surface area contributed by atoms with E-state index in [1.807, 2.05) is 0 Å². The number of rotatable bonds is 5. The molecule has 72 valence electrons. The number of nitrogens with zero attached hydrogens (tertiary/aromatic N) is 5. The van der Waals surface area contributed by atoms with Crippen molar-refractivity contribution in [1.82, 2.24) is 0 Å². The zero-order valence-electron chi connectivity index (χ0n) is 6.23. The van der Waals surface area contributed by atoms with Crippen molar-refractivity contribution in [2.24, 2.45) is 5.11 Å². The molecule has 0 rings (SSSR count). The number of hydrogen-bond acceptors (Lipinski definition) is 6. The van der Waals surface area contributed by atoms with Crippen LogP contribution in [0, 0.1) is 20.2 Å². The van der Waals surface area contributed by atoms with Crippen LogP contribution in [-0.2, 0) is 0 Å². The second-order valence-electron chi connectivity index (χ2n) is 2.04. The third-order valence-corrected chi connectivity index (χ3v) is 1.32. The van der Waals surface area contributed by atoms with Crippen molar-refractivity contribution in [1.29, 1.82) is 0 Å². The molecule has 10 heteroatoms. The number of aliphatic hydroxyl groups excluding tert-OH is 1. The lowest BCUT2D eigenvalue weighted by molar-refractivity contribution is -0.794. The second-order valence-corrected chi connectivity index (χ2v) is 2.04. The standard InChI is InChI=1S/C3H5N5O5/c4-6-5-1-3(2-9,7(10)11)8(12)13/h9H,1-2H2. The summed E-state index contributed by atoms with van der Waals surface area (Å²) in [5.74, 6) is 0. The van der Waals surface area contributed by atoms with Gasteiger partial charge >= 0.3 is 5.66 Å². The van der Waals surface area contributed by atoms with Crippen molar-refractivity contribution < 1.29 is 15.0 Å². The first-order valence-corrected chi connectivity index (χ1v) is 2.92. The average Bonchev–Trinajstić information content (AvgIpc) is 2.05. The molecule has 0 fully saturated rings. The quantitative estimate of drug-likeness (QED) is 0.155. The predicted octanol–water partition coefficient (Wildman–Crippen LogP) is -0.461. The van der Waals surface area contributed by atoms with Gasteiger partial charge in [0.05, 0.1) is 0 Å². The number of hydrogen-bond donors (Lipinski definition) is 1. The average molecular weight is 191 g/mol. The lowest BCUT2D eigenvalue weighted by Gasteiger charge is -2.11. The van der Waals surface area contributed by atoms with Crippen LogP contribution in [0.5, 0.6) is 0 Å². The molecule has 1 N–H and O–H groups in total. The molecular weight excluding hydrogens is 186 g/mol. The van der Waals surface area contributed by atoms with Crippen LogP contribution in [0.2, 0.25) is 0 Å². The topological polar surface area (TPSA) is 155 Å². The highest BCUT2D eigenvalue weighted by molar-refractivity contribution is 4.69. The lowest BCUT2D eigenvalue weighted by Crippen LogP contribution is -2.52. The van der Waals surface area contributed by atoms with E-state index in [4.69, 9.17) is 10.6 Å². The highest BCUT2D eigenvalue weighted by Crippen LogP contribution is 2.10. The van der Waals surface area contributed by atoms with Gasteiger partial charge in [-0.15, -0.1) is 0 Å². The summed E-state index contributed by atoms with van der Waals surface area (Å²) in [6.45, 7) is -2.36. The van der Waals surface area contributed by atoms with Gasteiger partial charge in [-0.1, -0.05) is 5.11 Å². The van der Waals surface area contributed by atoms with Gasteiger partial charge < -0.3 is 5.11 Å². The van der Waals surface area contributed by atoms with E-state index in [1.165, 1.54) is 0 Å². The third-order valence-electron chi connectivity index (χ3n) is 1.32. The maximum Gasteiger partial charge on any atom is 0.486 e. The van der Waals surface area contributed by atoms with Crippen LogP contribution in [0.4, 0.5) is 0 Å². The Morgan fingerprint density at radius 3 is 2.15 bits per heavy atom. The van der Waals surface area contributed by atoms with Crippen LogP contribution >= 0.6 is 0 Å². The molecule has 0 aliphatic rings. The summed E-state index contributed by atoms with van der Waals surface area (Å²) in [4.78, 5) is 20.0. The predicted molar refractivity (Wildman–Crippen MR) is 37.8 cm³/mol. The van der Waals surface area contributed by atoms with Crippen LogP contribution in [0.1, 0.15) is 0 Å². The van der Waals surface area contributed by atoms with Gasteiger partial charge in [0.2, 0.25) is 0 Å². The van der Waals surface area contributed by atoms with Crippen molar-refractivity contribution >= 4 is 0 Å². The van der Waals surface area contributed by atoms with Gasteiger partial charge in [-0.2, -0.15) is 0 Å². The molecule has 0 spiro atoms. The number of aliphatic hydroxyl groups is 1. The van der Waals surface area contributed by atoms with Crippen LogP contribution in [-0.4, -0.2) is 33.8 Å². The summed E-state index contributed by atoms with van der Waals surface area (Å²) in [7, 11) is 0. The summed E-state index contributed by atoms with van der Waals surface area (Å²) < 4.78 is 0. The van der Waals surface area contributed by atoms with E-state index in [9.17, 15) is 20.2 Å². The van der Waals surface area contributed by atoms with Gasteiger partial charge in [0.25, 0.3) is 0 Å². The SMILES string of the molecule is [N-]=[N+]=NCC(CO)([N+](=O)[O-])[N+](=O)[O-]. The summed E-state index contributed by atoms with van der Waals surface area (Å²) in [5.41, 5.74) is 4.99. The smallest absolute Gasteiger partial charge is 0.382 e. The van der Waals surface area contributed by atoms with Crippen LogP contribution < -0.4 is 0 Å². The van der Waals surface area contributed by atoms with E-state index in [0.717, 1.165) is 0 Å². The first-order valence-electron chi connectivity index (χ1n) is 2.92. The maximum absolute atomic E-state index is 10.2. The van der Waals surface area contributed by atoms with Gasteiger partial charge in [0.15, 0.2) is 13.2 Å². The van der Waals surface area contributed by atoms with Gasteiger partial charge in [-0.3, -0.25) is 20.2 Å². The van der Waals surface area contributed by atoms with Crippen LogP contribution in [0.25, 0.3) is 10.4 Å². The summed E-state index contributed by atoms with van der Waals surface area (Å²) >= 11 is 0. The van der Waals surface area contributed by atoms with Gasteiger partial charge in [0, 0.05) is 4.91 Å². The molecule has 0 aliphatic carbocycles. The van der Waals surface area contributed by atoms with E-state index in [2.05, 4.69) is 10.0 Å². The molecule has 0 aromatic heterocycles. The minimum Gasteiger partial charge on any atom is -0.382 e. The highest BCUT2D eigenvalue weighted by Gasteiger charge is 2.55. The fourth-order valence-electron chi connectivity index (χ4n) is 0.492. The highest BCUT2D eigenvalue weighted by atomic mass is 16.7. The van der Waals surface area contributed by atoms with E-state index < -0.39 is 28.7 Å². The molecule has 0 unspecified atom stereocenters. The molecule has 0 saturated carbocycles. The molecule has 0 saturated heterocycles. The van der Waals surface area contributed by atoms with Crippen LogP contribution in [0.15, 0.2) is 5.11 Å². The van der Waals surface area contributed by atoms with Crippen molar-refractivity contribution in [2.45, 2.75) is 5.66 Å². The normalized spacial score (nSPS) is 10.2. The first-order chi connectivity index (χ1) is 6.01. The first kappa shape index (κ1) is 11.1. The summed E-state index contributed by atoms with van der Waals surface area (Å²) in [5, 5.41) is 31.6. The van der Waals surface area contributed by atoms with Crippen molar-refractivity contribution in [3.63, 3.8) is 0 Å². The van der Waals surface area contributed by atoms with Crippen LogP contribution in [0.3, 0.4) is 0 Å². The molecule has 13 heavy (non-hydrogen) atoms. The Morgan fingerprint density at radius 1 is 1.46 bits per heavy atom. The molecule has 0 aromatic carbocycles. The monoisotopic (exact) mass is 191 g/mol. The number of nitro groups is 2. The van der Waals surface area contributed by atoms with E-state index >= 15 is 0 Å². The largest absolute Gasteiger partial charge is 0.486 e. The van der Waals surface area contributed by atoms with E-state index in [0.29, 0.717) is 0 Å². The Balaban J connectivity index is 4.97. The fraction of sp³-hybridized carbons (Fsp3) is 1.00. The summed E-state index contributed by atoms with van der Waals surface area (Å²) in [6, 6.07) is 0. The molecular formula is C3H5N5O5. The molecule has 0 amide bonds. The summed E-state index contributed by atoms with van der Waals surface area (Å²) in [6.07, 6.45) is 0. The number of azide groups is 1. The van der Waals surface area contributed by atoms with Crippen molar-refractivity contribution in [3.8, 4) is 0 Å². The second kappa shape index (κ2) is 4.18. The zero-order valence-corrected chi connectivity index (χ0v) is 6.23. The molecule has 0 bridgehead atoms. The Morgan fingerprint density at radius 2 is 1.92 bits per heavy atom. The van der Waals surface area contributed by atoms with Crippen molar-refractivity contribution in [2.75, 3.05) is 13.2 Å². The van der Waals surface area contributed by atoms with Gasteiger partial charge in [-0.05, 0) is 5.53 Å². The third kappa shape index (κ3) is 2.01. The fourth-order valence-corrected chi connectivity index (χ4v) is 0.492.